The first-order chi connectivity index (χ1) is 9.36. The SMILES string of the molecule is N#Cc1cc2c(nc1OCC1CCCO1)CCCC2. The zero-order chi connectivity index (χ0) is 13.1. The average molecular weight is 258 g/mol. The van der Waals surface area contributed by atoms with Crippen LogP contribution in [-0.2, 0) is 17.6 Å². The molecule has 1 aromatic heterocycles. The Bertz CT molecular complexity index is 502. The van der Waals surface area contributed by atoms with Gasteiger partial charge in [-0.05, 0) is 50.2 Å². The van der Waals surface area contributed by atoms with Gasteiger partial charge in [0.1, 0.15) is 18.2 Å². The third kappa shape index (κ3) is 2.71. The number of nitrogens with zero attached hydrogens (tertiary/aromatic N) is 2. The van der Waals surface area contributed by atoms with Crippen LogP contribution >= 0.6 is 0 Å². The Morgan fingerprint density at radius 3 is 3.05 bits per heavy atom. The molecule has 0 aromatic carbocycles. The van der Waals surface area contributed by atoms with Crippen LogP contribution in [0.5, 0.6) is 5.88 Å². The van der Waals surface area contributed by atoms with Gasteiger partial charge in [-0.2, -0.15) is 5.26 Å². The van der Waals surface area contributed by atoms with Crippen molar-refractivity contribution in [2.45, 2.75) is 44.6 Å². The van der Waals surface area contributed by atoms with Crippen LogP contribution in [0.1, 0.15) is 42.5 Å². The van der Waals surface area contributed by atoms with Crippen LogP contribution in [0.25, 0.3) is 0 Å². The van der Waals surface area contributed by atoms with Crippen molar-refractivity contribution in [2.75, 3.05) is 13.2 Å². The topological polar surface area (TPSA) is 55.1 Å². The molecule has 0 amide bonds. The van der Waals surface area contributed by atoms with Crippen molar-refractivity contribution in [3.63, 3.8) is 0 Å². The molecule has 0 N–H and O–H groups in total. The summed E-state index contributed by atoms with van der Waals surface area (Å²) in [6.45, 7) is 1.32. The van der Waals surface area contributed by atoms with E-state index in [4.69, 9.17) is 9.47 Å². The van der Waals surface area contributed by atoms with Gasteiger partial charge in [0.25, 0.3) is 0 Å². The third-order valence-corrected chi connectivity index (χ3v) is 3.82. The molecule has 4 nitrogen and oxygen atoms in total. The van der Waals surface area contributed by atoms with E-state index in [0.717, 1.165) is 38.0 Å². The fourth-order valence-electron chi connectivity index (χ4n) is 2.75. The van der Waals surface area contributed by atoms with Gasteiger partial charge < -0.3 is 9.47 Å². The van der Waals surface area contributed by atoms with Gasteiger partial charge in [0.2, 0.25) is 5.88 Å². The monoisotopic (exact) mass is 258 g/mol. The van der Waals surface area contributed by atoms with Gasteiger partial charge in [-0.15, -0.1) is 0 Å². The molecule has 1 unspecified atom stereocenters. The van der Waals surface area contributed by atoms with Gasteiger partial charge in [-0.25, -0.2) is 4.98 Å². The minimum Gasteiger partial charge on any atom is -0.474 e. The van der Waals surface area contributed by atoms with E-state index in [0.29, 0.717) is 18.1 Å². The highest BCUT2D eigenvalue weighted by molar-refractivity contribution is 5.43. The van der Waals surface area contributed by atoms with E-state index >= 15 is 0 Å². The second-order valence-electron chi connectivity index (χ2n) is 5.21. The lowest BCUT2D eigenvalue weighted by molar-refractivity contribution is 0.0661. The number of aryl methyl sites for hydroxylation is 2. The van der Waals surface area contributed by atoms with Gasteiger partial charge >= 0.3 is 0 Å². The summed E-state index contributed by atoms with van der Waals surface area (Å²) in [5, 5.41) is 9.21. The van der Waals surface area contributed by atoms with E-state index in [1.165, 1.54) is 18.4 Å². The van der Waals surface area contributed by atoms with E-state index in [1.807, 2.05) is 6.07 Å². The van der Waals surface area contributed by atoms with Gasteiger partial charge in [-0.1, -0.05) is 0 Å². The largest absolute Gasteiger partial charge is 0.474 e. The van der Waals surface area contributed by atoms with Crippen molar-refractivity contribution in [1.29, 1.82) is 5.26 Å². The lowest BCUT2D eigenvalue weighted by atomic mass is 9.95. The van der Waals surface area contributed by atoms with Gasteiger partial charge in [0, 0.05) is 12.3 Å². The summed E-state index contributed by atoms with van der Waals surface area (Å²) < 4.78 is 11.2. The second-order valence-corrected chi connectivity index (χ2v) is 5.21. The molecule has 1 aliphatic heterocycles. The van der Waals surface area contributed by atoms with Crippen LogP contribution in [0.15, 0.2) is 6.07 Å². The van der Waals surface area contributed by atoms with Crippen molar-refractivity contribution in [1.82, 2.24) is 4.98 Å². The smallest absolute Gasteiger partial charge is 0.232 e. The fourth-order valence-corrected chi connectivity index (χ4v) is 2.75. The van der Waals surface area contributed by atoms with E-state index in [2.05, 4.69) is 11.1 Å². The molecule has 1 aliphatic carbocycles. The summed E-state index contributed by atoms with van der Waals surface area (Å²) in [7, 11) is 0. The fraction of sp³-hybridized carbons (Fsp3) is 0.600. The van der Waals surface area contributed by atoms with Crippen molar-refractivity contribution in [3.05, 3.63) is 22.9 Å². The molecule has 1 saturated heterocycles. The van der Waals surface area contributed by atoms with Gasteiger partial charge in [0.15, 0.2) is 0 Å². The second kappa shape index (κ2) is 5.58. The van der Waals surface area contributed by atoms with Crippen LogP contribution in [0.3, 0.4) is 0 Å². The molecular formula is C15H18N2O2. The van der Waals surface area contributed by atoms with Crippen molar-refractivity contribution >= 4 is 0 Å². The summed E-state index contributed by atoms with van der Waals surface area (Å²) in [5.74, 6) is 0.485. The van der Waals surface area contributed by atoms with Crippen LogP contribution in [-0.4, -0.2) is 24.3 Å². The highest BCUT2D eigenvalue weighted by atomic mass is 16.5. The number of nitriles is 1. The third-order valence-electron chi connectivity index (χ3n) is 3.82. The van der Waals surface area contributed by atoms with Gasteiger partial charge in [-0.3, -0.25) is 0 Å². The molecule has 1 aromatic rings. The standard InChI is InChI=1S/C15H18N2O2/c16-9-12-8-11-4-1-2-6-14(11)17-15(12)19-10-13-5-3-7-18-13/h8,13H,1-7,10H2. The summed E-state index contributed by atoms with van der Waals surface area (Å²) in [4.78, 5) is 4.54. The Balaban J connectivity index is 1.77. The predicted molar refractivity (Wildman–Crippen MR) is 70.1 cm³/mol. The minimum atomic E-state index is 0.157. The van der Waals surface area contributed by atoms with Crippen molar-refractivity contribution < 1.29 is 9.47 Å². The number of hydrogen-bond donors (Lipinski definition) is 0. The molecule has 2 aliphatic rings. The Kier molecular flexibility index (Phi) is 3.65. The van der Waals surface area contributed by atoms with Crippen LogP contribution in [0, 0.1) is 11.3 Å². The molecule has 1 fully saturated rings. The van der Waals surface area contributed by atoms with Crippen molar-refractivity contribution in [2.24, 2.45) is 0 Å². The van der Waals surface area contributed by atoms with E-state index in [1.54, 1.807) is 0 Å². The first kappa shape index (κ1) is 12.4. The molecule has 4 heteroatoms. The Morgan fingerprint density at radius 2 is 2.26 bits per heavy atom. The highest BCUT2D eigenvalue weighted by Crippen LogP contribution is 2.26. The van der Waals surface area contributed by atoms with Gasteiger partial charge in [0.05, 0.1) is 6.10 Å². The average Bonchev–Trinajstić information content (AvgIpc) is 2.97. The lowest BCUT2D eigenvalue weighted by Gasteiger charge is -2.17. The van der Waals surface area contributed by atoms with Crippen LogP contribution in [0.4, 0.5) is 0 Å². The molecule has 0 saturated carbocycles. The number of aromatic nitrogens is 1. The molecule has 2 heterocycles. The van der Waals surface area contributed by atoms with E-state index < -0.39 is 0 Å². The molecule has 1 atom stereocenters. The Hall–Kier alpha value is -1.60. The first-order valence-electron chi connectivity index (χ1n) is 7.04. The maximum absolute atomic E-state index is 9.21. The summed E-state index contributed by atoms with van der Waals surface area (Å²) >= 11 is 0. The molecule has 0 spiro atoms. The summed E-state index contributed by atoms with van der Waals surface area (Å²) in [6.07, 6.45) is 6.68. The number of ether oxygens (including phenoxy) is 2. The number of hydrogen-bond acceptors (Lipinski definition) is 4. The van der Waals surface area contributed by atoms with Crippen molar-refractivity contribution in [3.8, 4) is 11.9 Å². The zero-order valence-electron chi connectivity index (χ0n) is 11.0. The molecule has 0 radical (unpaired) electrons. The Labute approximate surface area is 113 Å². The zero-order valence-corrected chi connectivity index (χ0v) is 11.0. The highest BCUT2D eigenvalue weighted by Gasteiger charge is 2.19. The minimum absolute atomic E-state index is 0.157. The maximum atomic E-state index is 9.21. The lowest BCUT2D eigenvalue weighted by Crippen LogP contribution is -2.18. The summed E-state index contributed by atoms with van der Waals surface area (Å²) in [6, 6.07) is 4.14. The molecule has 19 heavy (non-hydrogen) atoms. The molecule has 100 valence electrons. The molecular weight excluding hydrogens is 240 g/mol. The van der Waals surface area contributed by atoms with Crippen LogP contribution in [0.2, 0.25) is 0 Å². The quantitative estimate of drug-likeness (QED) is 0.835. The summed E-state index contributed by atoms with van der Waals surface area (Å²) in [5.41, 5.74) is 2.87. The number of pyridine rings is 1. The Morgan fingerprint density at radius 1 is 1.37 bits per heavy atom. The first-order valence-corrected chi connectivity index (χ1v) is 7.04. The number of fused-ring (bicyclic) bond motifs is 1. The number of rotatable bonds is 3. The maximum Gasteiger partial charge on any atom is 0.232 e. The van der Waals surface area contributed by atoms with E-state index in [-0.39, 0.29) is 6.10 Å². The molecule has 3 rings (SSSR count). The van der Waals surface area contributed by atoms with Crippen LogP contribution < -0.4 is 4.74 Å². The molecule has 0 bridgehead atoms. The predicted octanol–water partition coefficient (Wildman–Crippen LogP) is 2.39. The normalized spacial score (nSPS) is 21.7. The van der Waals surface area contributed by atoms with E-state index in [9.17, 15) is 5.26 Å².